The number of allylic oxidation sites excluding steroid dienone is 22. The van der Waals surface area contributed by atoms with E-state index in [1.807, 2.05) is 0 Å². The van der Waals surface area contributed by atoms with Crippen molar-refractivity contribution >= 4 is 19.8 Å². The summed E-state index contributed by atoms with van der Waals surface area (Å²) in [4.78, 5) is 35.2. The molecule has 3 N–H and O–H groups in total. The molecule has 0 aromatic carbocycles. The molecule has 0 amide bonds. The number of hydrogen-bond donors (Lipinski definition) is 2. The second-order valence-electron chi connectivity index (χ2n) is 19.1. The van der Waals surface area contributed by atoms with Crippen LogP contribution < -0.4 is 5.73 Å². The minimum absolute atomic E-state index is 0.0430. The quantitative estimate of drug-likeness (QED) is 0.0264. The molecule has 0 saturated heterocycles. The molecule has 0 rings (SSSR count). The third kappa shape index (κ3) is 59.3. The normalized spacial score (nSPS) is 14.0. The van der Waals surface area contributed by atoms with E-state index >= 15 is 0 Å². The molecule has 2 unspecified atom stereocenters. The number of carbonyl (C=O) groups is 2. The van der Waals surface area contributed by atoms with Gasteiger partial charge in [0.15, 0.2) is 6.10 Å². The van der Waals surface area contributed by atoms with Crippen LogP contribution in [0.3, 0.4) is 0 Å². The Kier molecular flexibility index (Phi) is 56.3. The third-order valence-corrected chi connectivity index (χ3v) is 13.0. The van der Waals surface area contributed by atoms with Crippen molar-refractivity contribution in [3.63, 3.8) is 0 Å². The number of carbonyl (C=O) groups excluding carboxylic acids is 2. The highest BCUT2D eigenvalue weighted by Crippen LogP contribution is 2.43. The maximum Gasteiger partial charge on any atom is 0.472 e. The SMILES string of the molecule is CC/C=C\C/C=C\C/C=C\C/C=C\C/C=C\C/C=C\C/C=C\CCCCCCCC(=O)OC(COC(=O)CCCCCCCCCCCCCCCC/C=C\C/C=C\C/C=C\C/C=C\CC)COP(=O)(O)OCCN. The number of rotatable bonds is 54. The molecule has 0 aliphatic carbocycles. The van der Waals surface area contributed by atoms with Crippen molar-refractivity contribution in [3.8, 4) is 0 Å². The molecular formula is C65H108NO8P. The summed E-state index contributed by atoms with van der Waals surface area (Å²) in [6.07, 6.45) is 83.6. The van der Waals surface area contributed by atoms with Gasteiger partial charge in [0.05, 0.1) is 13.2 Å². The molecule has 0 heterocycles. The van der Waals surface area contributed by atoms with Gasteiger partial charge in [0, 0.05) is 19.4 Å². The van der Waals surface area contributed by atoms with Gasteiger partial charge in [-0.1, -0.05) is 244 Å². The van der Waals surface area contributed by atoms with Crippen LogP contribution in [0.1, 0.15) is 232 Å². The fraction of sp³-hybridized carbons (Fsp3) is 0.631. The van der Waals surface area contributed by atoms with Crippen molar-refractivity contribution in [1.29, 1.82) is 0 Å². The van der Waals surface area contributed by atoms with Gasteiger partial charge in [-0.15, -0.1) is 0 Å². The van der Waals surface area contributed by atoms with Crippen LogP contribution in [0.15, 0.2) is 134 Å². The first-order valence-electron chi connectivity index (χ1n) is 29.7. The number of phosphoric acid groups is 1. The van der Waals surface area contributed by atoms with E-state index in [0.29, 0.717) is 6.42 Å². The van der Waals surface area contributed by atoms with Crippen molar-refractivity contribution < 1.29 is 37.6 Å². The van der Waals surface area contributed by atoms with Crippen molar-refractivity contribution in [3.05, 3.63) is 134 Å². The Hall–Kier alpha value is -3.85. The fourth-order valence-corrected chi connectivity index (χ4v) is 8.49. The summed E-state index contributed by atoms with van der Waals surface area (Å²) in [5, 5.41) is 0. The number of nitrogens with two attached hydrogens (primary N) is 1. The van der Waals surface area contributed by atoms with E-state index in [0.717, 1.165) is 122 Å². The van der Waals surface area contributed by atoms with Crippen LogP contribution >= 0.6 is 7.82 Å². The maximum absolute atomic E-state index is 12.7. The van der Waals surface area contributed by atoms with E-state index < -0.39 is 32.5 Å². The van der Waals surface area contributed by atoms with E-state index in [2.05, 4.69) is 148 Å². The molecule has 0 aliphatic heterocycles. The fourth-order valence-electron chi connectivity index (χ4n) is 7.72. The number of hydrogen-bond acceptors (Lipinski definition) is 8. The largest absolute Gasteiger partial charge is 0.472 e. The Morgan fingerprint density at radius 3 is 1.03 bits per heavy atom. The monoisotopic (exact) mass is 1060 g/mol. The van der Waals surface area contributed by atoms with E-state index in [-0.39, 0.29) is 32.6 Å². The molecule has 0 bridgehead atoms. The second-order valence-corrected chi connectivity index (χ2v) is 20.6. The van der Waals surface area contributed by atoms with Crippen LogP contribution in [-0.4, -0.2) is 49.3 Å². The molecule has 0 aromatic heterocycles. The molecule has 0 aliphatic rings. The summed E-state index contributed by atoms with van der Waals surface area (Å²) in [5.41, 5.74) is 5.38. The third-order valence-electron chi connectivity index (χ3n) is 12.0. The van der Waals surface area contributed by atoms with E-state index in [4.69, 9.17) is 24.3 Å². The van der Waals surface area contributed by atoms with Gasteiger partial charge in [-0.3, -0.25) is 18.6 Å². The van der Waals surface area contributed by atoms with Crippen LogP contribution in [-0.2, 0) is 32.7 Å². The predicted molar refractivity (Wildman–Crippen MR) is 320 cm³/mol. The molecule has 0 radical (unpaired) electrons. The van der Waals surface area contributed by atoms with Gasteiger partial charge in [-0.05, 0) is 109 Å². The van der Waals surface area contributed by atoms with E-state index in [9.17, 15) is 19.0 Å². The van der Waals surface area contributed by atoms with Gasteiger partial charge in [0.2, 0.25) is 0 Å². The number of phosphoric ester groups is 1. The first kappa shape index (κ1) is 71.2. The summed E-state index contributed by atoms with van der Waals surface area (Å²) in [6.45, 7) is 3.49. The van der Waals surface area contributed by atoms with Crippen molar-refractivity contribution in [2.45, 2.75) is 238 Å². The molecule has 75 heavy (non-hydrogen) atoms. The minimum atomic E-state index is -4.40. The average Bonchev–Trinajstić information content (AvgIpc) is 3.40. The highest BCUT2D eigenvalue weighted by Gasteiger charge is 2.26. The molecule has 0 spiro atoms. The van der Waals surface area contributed by atoms with Gasteiger partial charge in [0.25, 0.3) is 0 Å². The highest BCUT2D eigenvalue weighted by molar-refractivity contribution is 7.47. The van der Waals surface area contributed by atoms with Gasteiger partial charge in [-0.25, -0.2) is 4.57 Å². The van der Waals surface area contributed by atoms with Crippen LogP contribution in [0.2, 0.25) is 0 Å². The number of esters is 2. The zero-order chi connectivity index (χ0) is 54.5. The Bertz CT molecular complexity index is 1680. The van der Waals surface area contributed by atoms with E-state index in [1.165, 1.54) is 77.0 Å². The first-order chi connectivity index (χ1) is 36.8. The Morgan fingerprint density at radius 2 is 0.693 bits per heavy atom. The van der Waals surface area contributed by atoms with Crippen LogP contribution in [0.25, 0.3) is 0 Å². The smallest absolute Gasteiger partial charge is 0.462 e. The van der Waals surface area contributed by atoms with Crippen molar-refractivity contribution in [1.82, 2.24) is 0 Å². The number of ether oxygens (including phenoxy) is 2. The summed E-state index contributed by atoms with van der Waals surface area (Å²) < 4.78 is 33.0. The summed E-state index contributed by atoms with van der Waals surface area (Å²) >= 11 is 0. The summed E-state index contributed by atoms with van der Waals surface area (Å²) in [5.74, 6) is -0.857. The van der Waals surface area contributed by atoms with Gasteiger partial charge in [-0.2, -0.15) is 0 Å². The Labute approximate surface area is 459 Å². The zero-order valence-corrected chi connectivity index (χ0v) is 48.4. The second kappa shape index (κ2) is 59.4. The molecule has 9 nitrogen and oxygen atoms in total. The predicted octanol–water partition coefficient (Wildman–Crippen LogP) is 19.0. The molecule has 426 valence electrons. The summed E-state index contributed by atoms with van der Waals surface area (Å²) in [7, 11) is -4.40. The van der Waals surface area contributed by atoms with E-state index in [1.54, 1.807) is 0 Å². The summed E-state index contributed by atoms with van der Waals surface area (Å²) in [6, 6.07) is 0. The average molecular weight is 1060 g/mol. The molecule has 2 atom stereocenters. The van der Waals surface area contributed by atoms with Gasteiger partial charge >= 0.3 is 19.8 Å². The minimum Gasteiger partial charge on any atom is -0.462 e. The standard InChI is InChI=1S/C65H108NO8P/c1-3-5-7-9-11-13-15-17-19-21-23-25-27-29-31-33-35-37-39-41-43-45-47-49-51-53-55-57-64(67)71-61-63(62-73-75(69,70)72-60-59-66)74-65(68)58-56-54-52-50-48-46-44-42-40-38-36-34-32-30-28-26-24-22-20-18-16-14-12-10-8-6-4-2/h5-8,11-14,17-20,23-26,30,32,36,38,42,44,63H,3-4,9-10,15-16,21-22,27-29,31,33-35,37,39-41,43,45-62,66H2,1-2H3,(H,69,70)/b7-5-,8-6-,13-11-,14-12-,19-17-,20-18-,25-23-,26-24-,32-30-,38-36-,44-42-. The maximum atomic E-state index is 12.7. The Morgan fingerprint density at radius 1 is 0.400 bits per heavy atom. The molecule has 0 aromatic rings. The lowest BCUT2D eigenvalue weighted by Gasteiger charge is -2.19. The van der Waals surface area contributed by atoms with Gasteiger partial charge < -0.3 is 20.1 Å². The molecule has 0 fully saturated rings. The lowest BCUT2D eigenvalue weighted by molar-refractivity contribution is -0.161. The topological polar surface area (TPSA) is 134 Å². The molecule has 0 saturated carbocycles. The number of unbranched alkanes of at least 4 members (excludes halogenated alkanes) is 19. The van der Waals surface area contributed by atoms with Crippen LogP contribution in [0.5, 0.6) is 0 Å². The lowest BCUT2D eigenvalue weighted by atomic mass is 10.0. The van der Waals surface area contributed by atoms with Crippen molar-refractivity contribution in [2.75, 3.05) is 26.4 Å². The Balaban J connectivity index is 4.05. The lowest BCUT2D eigenvalue weighted by Crippen LogP contribution is -2.29. The van der Waals surface area contributed by atoms with Crippen LogP contribution in [0.4, 0.5) is 0 Å². The zero-order valence-electron chi connectivity index (χ0n) is 47.5. The van der Waals surface area contributed by atoms with Crippen molar-refractivity contribution in [2.24, 2.45) is 5.73 Å². The highest BCUT2D eigenvalue weighted by atomic mass is 31.2. The van der Waals surface area contributed by atoms with Gasteiger partial charge in [0.1, 0.15) is 6.61 Å². The molecule has 10 heteroatoms. The van der Waals surface area contributed by atoms with Crippen LogP contribution in [0, 0.1) is 0 Å². The first-order valence-corrected chi connectivity index (χ1v) is 31.2. The molecular weight excluding hydrogens is 954 g/mol.